The zero-order valence-corrected chi connectivity index (χ0v) is 30.7. The molecule has 1 N–H and O–H groups in total. The minimum atomic E-state index is -3.35. The number of methoxy groups -OCH3 is 1. The second kappa shape index (κ2) is 16.6. The van der Waals surface area contributed by atoms with Gasteiger partial charge in [-0.25, -0.2) is 0 Å². The number of carbonyl (C=O) groups is 3. The summed E-state index contributed by atoms with van der Waals surface area (Å²) in [6.45, 7) is 4.97. The quantitative estimate of drug-likeness (QED) is 0.0548. The molecule has 1 unspecified atom stereocenters. The first-order valence-corrected chi connectivity index (χ1v) is 21.9. The number of benzene rings is 3. The van der Waals surface area contributed by atoms with Gasteiger partial charge in [0.15, 0.2) is 0 Å². The van der Waals surface area contributed by atoms with Crippen molar-refractivity contribution in [1.82, 2.24) is 10.2 Å². The van der Waals surface area contributed by atoms with Gasteiger partial charge in [-0.05, 0) is 0 Å². The molecule has 0 spiro atoms. The van der Waals surface area contributed by atoms with E-state index < -0.39 is 27.5 Å². The number of thioether (sulfide) groups is 1. The normalized spacial score (nSPS) is 18.2. The van der Waals surface area contributed by atoms with Crippen molar-refractivity contribution in [2.24, 2.45) is 0 Å². The Morgan fingerprint density at radius 2 is 1.46 bits per heavy atom. The summed E-state index contributed by atoms with van der Waals surface area (Å²) >= 11 is 4.21. The molecule has 0 saturated carbocycles. The van der Waals surface area contributed by atoms with Gasteiger partial charge in [-0.2, -0.15) is 0 Å². The van der Waals surface area contributed by atoms with E-state index in [1.54, 1.807) is 7.11 Å². The van der Waals surface area contributed by atoms with Gasteiger partial charge in [0.2, 0.25) is 0 Å². The Labute approximate surface area is 298 Å². The molecule has 2 amide bonds. The first kappa shape index (κ1) is 36.2. The summed E-state index contributed by atoms with van der Waals surface area (Å²) in [6, 6.07) is 30.5. The zero-order chi connectivity index (χ0) is 34.0. The molecule has 2 atom stereocenters. The third kappa shape index (κ3) is 7.41. The van der Waals surface area contributed by atoms with E-state index in [1.165, 1.54) is 22.7 Å². The fourth-order valence-electron chi connectivity index (χ4n) is 6.03. The Hall–Kier alpha value is -3.06. The molecule has 48 heavy (non-hydrogen) atoms. The van der Waals surface area contributed by atoms with E-state index in [4.69, 9.17) is 18.9 Å². The van der Waals surface area contributed by atoms with Crippen LogP contribution in [0.3, 0.4) is 0 Å². The van der Waals surface area contributed by atoms with Crippen LogP contribution in [0.15, 0.2) is 115 Å². The van der Waals surface area contributed by atoms with Crippen molar-refractivity contribution in [3.8, 4) is 0 Å². The number of amides is 2. The number of β-lactam (4-membered cyclic amide) rings is 1. The maximum absolute atomic E-state index is 13.9. The molecule has 0 aromatic heterocycles. The van der Waals surface area contributed by atoms with Crippen LogP contribution in [-0.4, -0.2) is 92.8 Å². The van der Waals surface area contributed by atoms with Gasteiger partial charge in [0.05, 0.1) is 13.2 Å². The molecule has 2 aliphatic heterocycles. The summed E-state index contributed by atoms with van der Waals surface area (Å²) in [7, 11) is 1.59. The fourth-order valence-corrected chi connectivity index (χ4v) is 16.5. The molecule has 9 nitrogen and oxygen atoms in total. The van der Waals surface area contributed by atoms with Crippen LogP contribution in [-0.2, 0) is 33.3 Å². The standard InChI is InChI=1S/C36H40IN2O7PS/c1-3-19-46-36(42)33-27(26-48-35-32(34(41)39(33)35)38-31(40)24-45-23-22-44-21-20-43-2)25-47(37,28-13-7-4-8-14-28,29-15-9-5-10-16-29)30-17-11-6-12-18-30/h3-18,32,35H,1,19-26H2,2H3,(H,38,40)/t32-,35?/m1/s1. The summed E-state index contributed by atoms with van der Waals surface area (Å²) in [6.07, 6.45) is 2.01. The first-order chi connectivity index (χ1) is 23.3. The summed E-state index contributed by atoms with van der Waals surface area (Å²) in [4.78, 5) is 41.9. The Morgan fingerprint density at radius 3 is 2.00 bits per heavy atom. The van der Waals surface area contributed by atoms with Gasteiger partial charge < -0.3 is 9.47 Å². The minimum absolute atomic E-state index is 0.00598. The summed E-state index contributed by atoms with van der Waals surface area (Å²) in [5.41, 5.74) is 1.07. The van der Waals surface area contributed by atoms with Crippen molar-refractivity contribution in [2.45, 2.75) is 11.4 Å². The average Bonchev–Trinajstić information content (AvgIpc) is 3.13. The van der Waals surface area contributed by atoms with Crippen molar-refractivity contribution in [2.75, 3.05) is 58.7 Å². The van der Waals surface area contributed by atoms with E-state index in [-0.39, 0.29) is 31.4 Å². The summed E-state index contributed by atoms with van der Waals surface area (Å²) < 4.78 is 18.0. The van der Waals surface area contributed by atoms with Crippen LogP contribution in [0.2, 0.25) is 0 Å². The third-order valence-electron chi connectivity index (χ3n) is 8.30. The van der Waals surface area contributed by atoms with Gasteiger partial charge in [0.25, 0.3) is 0 Å². The Morgan fingerprint density at radius 1 is 0.917 bits per heavy atom. The van der Waals surface area contributed by atoms with Crippen molar-refractivity contribution in [3.63, 3.8) is 0 Å². The molecule has 0 radical (unpaired) electrons. The van der Waals surface area contributed by atoms with Crippen LogP contribution in [0.1, 0.15) is 0 Å². The van der Waals surface area contributed by atoms with E-state index >= 15 is 0 Å². The van der Waals surface area contributed by atoms with E-state index in [0.29, 0.717) is 31.7 Å². The van der Waals surface area contributed by atoms with Gasteiger partial charge in [-0.15, -0.1) is 0 Å². The molecule has 2 heterocycles. The van der Waals surface area contributed by atoms with Crippen molar-refractivity contribution < 1.29 is 33.3 Å². The number of nitrogens with one attached hydrogen (secondary N) is 1. The average molecular weight is 803 g/mol. The number of halogens is 1. The molecular formula is C36H40IN2O7PS. The number of hydrogen-bond donors (Lipinski definition) is 1. The van der Waals surface area contributed by atoms with Crippen LogP contribution in [0.25, 0.3) is 0 Å². The first-order valence-electron chi connectivity index (χ1n) is 15.6. The van der Waals surface area contributed by atoms with Crippen LogP contribution in [0.5, 0.6) is 0 Å². The van der Waals surface area contributed by atoms with Crippen molar-refractivity contribution in [1.29, 1.82) is 0 Å². The van der Waals surface area contributed by atoms with Crippen molar-refractivity contribution in [3.05, 3.63) is 115 Å². The van der Waals surface area contributed by atoms with Crippen LogP contribution in [0, 0.1) is 0 Å². The number of rotatable bonds is 17. The van der Waals surface area contributed by atoms with Gasteiger partial charge >= 0.3 is 270 Å². The number of ether oxygens (including phenoxy) is 4. The molecule has 254 valence electrons. The van der Waals surface area contributed by atoms with Crippen LogP contribution in [0.4, 0.5) is 0 Å². The molecule has 5 rings (SSSR count). The number of nitrogens with zero attached hydrogens (tertiary/aromatic N) is 1. The monoisotopic (exact) mass is 802 g/mol. The summed E-state index contributed by atoms with van der Waals surface area (Å²) in [5, 5.41) is 5.82. The second-order valence-electron chi connectivity index (χ2n) is 11.3. The van der Waals surface area contributed by atoms with Crippen LogP contribution >= 0.6 is 38.0 Å². The Bertz CT molecular complexity index is 1530. The number of fused-ring (bicyclic) bond motifs is 1. The summed E-state index contributed by atoms with van der Waals surface area (Å²) in [5.74, 6) is -0.882. The molecule has 0 aliphatic carbocycles. The van der Waals surface area contributed by atoms with E-state index in [9.17, 15) is 14.4 Å². The topological polar surface area (TPSA) is 103 Å². The molecule has 2 aliphatic rings. The maximum atomic E-state index is 13.9. The number of esters is 1. The number of carbonyl (C=O) groups excluding carboxylic acids is 3. The second-order valence-corrected chi connectivity index (χ2v) is 23.0. The predicted molar refractivity (Wildman–Crippen MR) is 201 cm³/mol. The van der Waals surface area contributed by atoms with E-state index in [0.717, 1.165) is 21.5 Å². The molecule has 3 aromatic carbocycles. The zero-order valence-electron chi connectivity index (χ0n) is 26.8. The van der Waals surface area contributed by atoms with Gasteiger partial charge in [-0.1, -0.05) is 0 Å². The Kier molecular flexibility index (Phi) is 12.5. The Balaban J connectivity index is 1.48. The van der Waals surface area contributed by atoms with Gasteiger partial charge in [-0.3, -0.25) is 0 Å². The molecule has 1 saturated heterocycles. The molecule has 0 bridgehead atoms. The SMILES string of the molecule is C=CCOC(=O)C1=C(CP(I)(c2ccccc2)(c2ccccc2)c2ccccc2)CSC2[C@H](NC(=O)COCCOCCOC)C(=O)N12. The predicted octanol–water partition coefficient (Wildman–Crippen LogP) is 3.93. The molecular weight excluding hydrogens is 762 g/mol. The van der Waals surface area contributed by atoms with E-state index in [2.05, 4.69) is 70.3 Å². The van der Waals surface area contributed by atoms with E-state index in [1.807, 2.05) is 54.6 Å². The number of hydrogen-bond acceptors (Lipinski definition) is 8. The van der Waals surface area contributed by atoms with Crippen LogP contribution < -0.4 is 21.2 Å². The molecule has 1 fully saturated rings. The molecule has 3 aromatic rings. The van der Waals surface area contributed by atoms with Gasteiger partial charge in [0, 0.05) is 7.11 Å². The fraction of sp³-hybridized carbons (Fsp3) is 0.306. The van der Waals surface area contributed by atoms with Crippen molar-refractivity contribution >= 4 is 71.7 Å². The third-order valence-corrected chi connectivity index (χ3v) is 20.8. The van der Waals surface area contributed by atoms with Gasteiger partial charge in [0.1, 0.15) is 0 Å². The molecule has 12 heteroatoms.